The third-order valence-corrected chi connectivity index (χ3v) is 3.74. The van der Waals surface area contributed by atoms with E-state index in [4.69, 9.17) is 5.73 Å². The standard InChI is InChI=1S/C15H21F2N3O/c16-13-3-2-12(14(17)11-13)10-15(21)20-6-1-5-19(7-4-18)8-9-20/h2-3,11H,1,4-10,18H2. The summed E-state index contributed by atoms with van der Waals surface area (Å²) < 4.78 is 26.4. The molecule has 0 saturated carbocycles. The zero-order valence-corrected chi connectivity index (χ0v) is 12.0. The van der Waals surface area contributed by atoms with Crippen molar-refractivity contribution in [2.24, 2.45) is 5.73 Å². The summed E-state index contributed by atoms with van der Waals surface area (Å²) in [4.78, 5) is 16.2. The van der Waals surface area contributed by atoms with Gasteiger partial charge >= 0.3 is 0 Å². The highest BCUT2D eigenvalue weighted by Gasteiger charge is 2.20. The molecule has 1 fully saturated rings. The molecule has 1 aliphatic heterocycles. The van der Waals surface area contributed by atoms with Crippen LogP contribution in [-0.4, -0.2) is 55.0 Å². The average Bonchev–Trinajstić information content (AvgIpc) is 2.68. The summed E-state index contributed by atoms with van der Waals surface area (Å²) in [5.74, 6) is -1.41. The van der Waals surface area contributed by atoms with Crippen molar-refractivity contribution in [3.05, 3.63) is 35.4 Å². The first-order valence-electron chi connectivity index (χ1n) is 7.24. The first-order valence-corrected chi connectivity index (χ1v) is 7.24. The molecule has 1 amide bonds. The second kappa shape index (κ2) is 7.47. The number of benzene rings is 1. The number of carbonyl (C=O) groups is 1. The fourth-order valence-electron chi connectivity index (χ4n) is 2.57. The van der Waals surface area contributed by atoms with Crippen molar-refractivity contribution in [1.82, 2.24) is 9.80 Å². The molecule has 1 saturated heterocycles. The number of hydrogen-bond acceptors (Lipinski definition) is 3. The number of rotatable bonds is 4. The van der Waals surface area contributed by atoms with Crippen molar-refractivity contribution < 1.29 is 13.6 Å². The van der Waals surface area contributed by atoms with Gasteiger partial charge in [0, 0.05) is 38.8 Å². The topological polar surface area (TPSA) is 49.6 Å². The Kier molecular flexibility index (Phi) is 5.64. The normalized spacial score (nSPS) is 16.8. The van der Waals surface area contributed by atoms with Gasteiger partial charge in [-0.1, -0.05) is 6.07 Å². The first kappa shape index (κ1) is 15.9. The Morgan fingerprint density at radius 2 is 2.00 bits per heavy atom. The van der Waals surface area contributed by atoms with Gasteiger partial charge in [0.05, 0.1) is 6.42 Å². The van der Waals surface area contributed by atoms with Crippen LogP contribution in [-0.2, 0) is 11.2 Å². The molecule has 116 valence electrons. The van der Waals surface area contributed by atoms with E-state index in [1.165, 1.54) is 12.1 Å². The molecular formula is C15H21F2N3O. The van der Waals surface area contributed by atoms with E-state index in [0.717, 1.165) is 32.1 Å². The van der Waals surface area contributed by atoms with Gasteiger partial charge in [0.2, 0.25) is 5.91 Å². The molecule has 21 heavy (non-hydrogen) atoms. The summed E-state index contributed by atoms with van der Waals surface area (Å²) >= 11 is 0. The number of carbonyl (C=O) groups excluding carboxylic acids is 1. The molecule has 2 rings (SSSR count). The van der Waals surface area contributed by atoms with Crippen LogP contribution in [0.5, 0.6) is 0 Å². The average molecular weight is 297 g/mol. The Hall–Kier alpha value is -1.53. The maximum atomic E-state index is 13.6. The van der Waals surface area contributed by atoms with E-state index < -0.39 is 11.6 Å². The van der Waals surface area contributed by atoms with Crippen molar-refractivity contribution in [3.63, 3.8) is 0 Å². The van der Waals surface area contributed by atoms with E-state index in [1.807, 2.05) is 0 Å². The minimum Gasteiger partial charge on any atom is -0.341 e. The molecular weight excluding hydrogens is 276 g/mol. The highest BCUT2D eigenvalue weighted by Crippen LogP contribution is 2.12. The van der Waals surface area contributed by atoms with Crippen LogP contribution in [0.25, 0.3) is 0 Å². The lowest BCUT2D eigenvalue weighted by atomic mass is 10.1. The molecule has 0 radical (unpaired) electrons. The Labute approximate surface area is 123 Å². The fraction of sp³-hybridized carbons (Fsp3) is 0.533. The van der Waals surface area contributed by atoms with Crippen molar-refractivity contribution in [2.45, 2.75) is 12.8 Å². The summed E-state index contributed by atoms with van der Waals surface area (Å²) in [6.45, 7) is 4.44. The van der Waals surface area contributed by atoms with Gasteiger partial charge in [0.25, 0.3) is 0 Å². The predicted molar refractivity (Wildman–Crippen MR) is 76.8 cm³/mol. The van der Waals surface area contributed by atoms with Gasteiger partial charge in [-0.2, -0.15) is 0 Å². The highest BCUT2D eigenvalue weighted by atomic mass is 19.1. The SMILES string of the molecule is NCCN1CCCN(C(=O)Cc2ccc(F)cc2F)CC1. The summed E-state index contributed by atoms with van der Waals surface area (Å²) in [5.41, 5.74) is 5.78. The zero-order valence-electron chi connectivity index (χ0n) is 12.0. The lowest BCUT2D eigenvalue weighted by Crippen LogP contribution is -2.37. The molecule has 1 aliphatic rings. The van der Waals surface area contributed by atoms with Gasteiger partial charge in [-0.3, -0.25) is 4.79 Å². The molecule has 1 heterocycles. The molecule has 4 nitrogen and oxygen atoms in total. The molecule has 0 atom stereocenters. The second-order valence-electron chi connectivity index (χ2n) is 5.28. The fourth-order valence-corrected chi connectivity index (χ4v) is 2.57. The lowest BCUT2D eigenvalue weighted by molar-refractivity contribution is -0.130. The van der Waals surface area contributed by atoms with Gasteiger partial charge in [-0.15, -0.1) is 0 Å². The quantitative estimate of drug-likeness (QED) is 0.902. The van der Waals surface area contributed by atoms with Crippen LogP contribution >= 0.6 is 0 Å². The van der Waals surface area contributed by atoms with Crippen LogP contribution in [0.15, 0.2) is 18.2 Å². The summed E-state index contributed by atoms with van der Waals surface area (Å²) in [6, 6.07) is 3.33. The number of amides is 1. The molecule has 0 bridgehead atoms. The largest absolute Gasteiger partial charge is 0.341 e. The van der Waals surface area contributed by atoms with Crippen molar-refractivity contribution >= 4 is 5.91 Å². The Morgan fingerprint density at radius 3 is 2.71 bits per heavy atom. The third kappa shape index (κ3) is 4.47. The smallest absolute Gasteiger partial charge is 0.227 e. The number of halogens is 2. The van der Waals surface area contributed by atoms with E-state index in [-0.39, 0.29) is 17.9 Å². The van der Waals surface area contributed by atoms with Gasteiger partial charge in [-0.05, 0) is 24.6 Å². The predicted octanol–water partition coefficient (Wildman–Crippen LogP) is 1.00. The minimum absolute atomic E-state index is 0.0248. The minimum atomic E-state index is -0.664. The van der Waals surface area contributed by atoms with E-state index in [9.17, 15) is 13.6 Å². The van der Waals surface area contributed by atoms with Crippen LogP contribution < -0.4 is 5.73 Å². The van der Waals surface area contributed by atoms with Crippen LogP contribution in [0.1, 0.15) is 12.0 Å². The maximum Gasteiger partial charge on any atom is 0.227 e. The van der Waals surface area contributed by atoms with Crippen LogP contribution in [0.3, 0.4) is 0 Å². The van der Waals surface area contributed by atoms with Gasteiger partial charge in [-0.25, -0.2) is 8.78 Å². The molecule has 1 aromatic carbocycles. The molecule has 1 aromatic rings. The molecule has 2 N–H and O–H groups in total. The zero-order chi connectivity index (χ0) is 15.2. The molecule has 0 unspecified atom stereocenters. The summed E-state index contributed by atoms with van der Waals surface area (Å²) in [6.07, 6.45) is 0.862. The van der Waals surface area contributed by atoms with Crippen molar-refractivity contribution in [1.29, 1.82) is 0 Å². The summed E-state index contributed by atoms with van der Waals surface area (Å²) in [5, 5.41) is 0. The summed E-state index contributed by atoms with van der Waals surface area (Å²) in [7, 11) is 0. The van der Waals surface area contributed by atoms with Gasteiger partial charge in [0.1, 0.15) is 11.6 Å². The first-order chi connectivity index (χ1) is 10.1. The third-order valence-electron chi connectivity index (χ3n) is 3.74. The number of nitrogens with two attached hydrogens (primary N) is 1. The highest BCUT2D eigenvalue weighted by molar-refractivity contribution is 5.78. The monoisotopic (exact) mass is 297 g/mol. The second-order valence-corrected chi connectivity index (χ2v) is 5.28. The Bertz CT molecular complexity index is 496. The molecule has 0 spiro atoms. The number of nitrogens with zero attached hydrogens (tertiary/aromatic N) is 2. The molecule has 0 aliphatic carbocycles. The Balaban J connectivity index is 1.93. The molecule has 6 heteroatoms. The van der Waals surface area contributed by atoms with Crippen molar-refractivity contribution in [2.75, 3.05) is 39.3 Å². The van der Waals surface area contributed by atoms with Crippen LogP contribution in [0.4, 0.5) is 8.78 Å². The van der Waals surface area contributed by atoms with Gasteiger partial charge < -0.3 is 15.5 Å². The Morgan fingerprint density at radius 1 is 1.19 bits per heavy atom. The van der Waals surface area contributed by atoms with Crippen LogP contribution in [0.2, 0.25) is 0 Å². The van der Waals surface area contributed by atoms with Crippen LogP contribution in [0, 0.1) is 11.6 Å². The van der Waals surface area contributed by atoms with E-state index in [0.29, 0.717) is 19.6 Å². The maximum absolute atomic E-state index is 13.6. The van der Waals surface area contributed by atoms with E-state index in [2.05, 4.69) is 4.90 Å². The van der Waals surface area contributed by atoms with E-state index >= 15 is 0 Å². The van der Waals surface area contributed by atoms with Gasteiger partial charge in [0.15, 0.2) is 0 Å². The molecule has 0 aromatic heterocycles. The lowest BCUT2D eigenvalue weighted by Gasteiger charge is -2.21. The van der Waals surface area contributed by atoms with E-state index in [1.54, 1.807) is 4.90 Å². The van der Waals surface area contributed by atoms with Crippen molar-refractivity contribution in [3.8, 4) is 0 Å². The number of hydrogen-bond donors (Lipinski definition) is 1.